The van der Waals surface area contributed by atoms with Crippen LogP contribution in [0.1, 0.15) is 43.5 Å². The molecular weight excluding hydrogens is 368 g/mol. The summed E-state index contributed by atoms with van der Waals surface area (Å²) in [4.78, 5) is 32.9. The summed E-state index contributed by atoms with van der Waals surface area (Å²) >= 11 is 1.68. The lowest BCUT2D eigenvalue weighted by molar-refractivity contribution is -0.124. The number of likely N-dealkylation sites (tertiary alicyclic amines) is 1. The fourth-order valence-electron chi connectivity index (χ4n) is 3.71. The number of benzene rings is 1. The van der Waals surface area contributed by atoms with Crippen LogP contribution in [0.2, 0.25) is 0 Å². The number of amides is 1. The van der Waals surface area contributed by atoms with Crippen molar-refractivity contribution >= 4 is 23.5 Å². The van der Waals surface area contributed by atoms with Crippen LogP contribution in [0, 0.1) is 11.8 Å². The largest absolute Gasteiger partial charge is 0.338 e. The summed E-state index contributed by atoms with van der Waals surface area (Å²) in [6.07, 6.45) is 6.07. The first-order chi connectivity index (χ1) is 13.5. The average Bonchev–Trinajstić information content (AvgIpc) is 2.73. The van der Waals surface area contributed by atoms with Gasteiger partial charge in [-0.2, -0.15) is 0 Å². The number of ketones is 1. The third kappa shape index (κ3) is 4.82. The Morgan fingerprint density at radius 2 is 2.00 bits per heavy atom. The highest BCUT2D eigenvalue weighted by Gasteiger charge is 2.29. The van der Waals surface area contributed by atoms with E-state index in [1.165, 1.54) is 0 Å². The van der Waals surface area contributed by atoms with Gasteiger partial charge in [-0.3, -0.25) is 14.6 Å². The van der Waals surface area contributed by atoms with Crippen LogP contribution in [-0.4, -0.2) is 40.9 Å². The Kier molecular flexibility index (Phi) is 6.89. The second kappa shape index (κ2) is 9.37. The Hall–Kier alpha value is -2.14. The Bertz CT molecular complexity index is 833. The molecule has 5 heteroatoms. The molecule has 2 aromatic rings. The van der Waals surface area contributed by atoms with Crippen molar-refractivity contribution < 1.29 is 9.59 Å². The molecule has 1 aliphatic heterocycles. The first-order valence-electron chi connectivity index (χ1n) is 9.91. The zero-order chi connectivity index (χ0) is 20.1. The van der Waals surface area contributed by atoms with Crippen LogP contribution in [0.3, 0.4) is 0 Å². The van der Waals surface area contributed by atoms with Gasteiger partial charge in [-0.05, 0) is 43.2 Å². The number of carbonyl (C=O) groups is 2. The van der Waals surface area contributed by atoms with Crippen molar-refractivity contribution in [2.75, 3.05) is 19.3 Å². The van der Waals surface area contributed by atoms with Crippen molar-refractivity contribution in [1.82, 2.24) is 9.88 Å². The fraction of sp³-hybridized carbons (Fsp3) is 0.435. The molecule has 1 amide bonds. The number of rotatable bonds is 6. The number of thioether (sulfide) groups is 1. The maximum atomic E-state index is 12.9. The van der Waals surface area contributed by atoms with Gasteiger partial charge in [-0.1, -0.05) is 32.0 Å². The molecule has 2 heterocycles. The minimum Gasteiger partial charge on any atom is -0.338 e. The molecule has 1 atom stereocenters. The van der Waals surface area contributed by atoms with Crippen LogP contribution in [0.5, 0.6) is 0 Å². The van der Waals surface area contributed by atoms with Crippen LogP contribution in [-0.2, 0) is 4.79 Å². The number of carbonyl (C=O) groups excluding carboxylic acids is 2. The number of nitrogens with zero attached hydrogens (tertiary/aromatic N) is 2. The van der Waals surface area contributed by atoms with Crippen molar-refractivity contribution in [3.05, 3.63) is 48.2 Å². The molecule has 0 bridgehead atoms. The predicted octanol–water partition coefficient (Wildman–Crippen LogP) is 4.94. The second-order valence-corrected chi connectivity index (χ2v) is 8.64. The SMILES string of the molecule is CSc1ccccc1-c1ccc(C(=O)N2CCC[C@@H](C(=O)CC(C)C)C2)cn1. The van der Waals surface area contributed by atoms with Gasteiger partial charge in [0.1, 0.15) is 5.78 Å². The Morgan fingerprint density at radius 1 is 1.21 bits per heavy atom. The Morgan fingerprint density at radius 3 is 2.68 bits per heavy atom. The van der Waals surface area contributed by atoms with Gasteiger partial charge in [0, 0.05) is 42.1 Å². The molecule has 1 fully saturated rings. The van der Waals surface area contributed by atoms with E-state index >= 15 is 0 Å². The van der Waals surface area contributed by atoms with Crippen molar-refractivity contribution in [2.45, 2.75) is 38.0 Å². The van der Waals surface area contributed by atoms with Gasteiger partial charge in [-0.25, -0.2) is 0 Å². The zero-order valence-electron chi connectivity index (χ0n) is 16.9. The third-order valence-corrected chi connectivity index (χ3v) is 5.96. The summed E-state index contributed by atoms with van der Waals surface area (Å²) in [5, 5.41) is 0. The number of Topliss-reactive ketones (excluding diaryl/α,β-unsaturated/α-hetero) is 1. The van der Waals surface area contributed by atoms with Crippen molar-refractivity contribution in [1.29, 1.82) is 0 Å². The van der Waals surface area contributed by atoms with Gasteiger partial charge in [0.2, 0.25) is 0 Å². The van der Waals surface area contributed by atoms with E-state index in [1.807, 2.05) is 41.5 Å². The van der Waals surface area contributed by atoms with Crippen molar-refractivity contribution in [2.24, 2.45) is 11.8 Å². The minimum absolute atomic E-state index is 0.0270. The molecule has 1 aliphatic rings. The molecular formula is C23H28N2O2S. The first kappa shape index (κ1) is 20.6. The summed E-state index contributed by atoms with van der Waals surface area (Å²) in [7, 11) is 0. The zero-order valence-corrected chi connectivity index (χ0v) is 17.7. The first-order valence-corrected chi connectivity index (χ1v) is 11.1. The number of hydrogen-bond donors (Lipinski definition) is 0. The molecule has 28 heavy (non-hydrogen) atoms. The predicted molar refractivity (Wildman–Crippen MR) is 115 cm³/mol. The van der Waals surface area contributed by atoms with Gasteiger partial charge in [0.15, 0.2) is 0 Å². The van der Waals surface area contributed by atoms with E-state index in [9.17, 15) is 9.59 Å². The van der Waals surface area contributed by atoms with Crippen LogP contribution in [0.15, 0.2) is 47.5 Å². The van der Waals surface area contributed by atoms with Gasteiger partial charge < -0.3 is 4.90 Å². The summed E-state index contributed by atoms with van der Waals surface area (Å²) in [6.45, 7) is 5.36. The number of aromatic nitrogens is 1. The van der Waals surface area contributed by atoms with E-state index in [0.29, 0.717) is 31.0 Å². The number of piperidine rings is 1. The van der Waals surface area contributed by atoms with Gasteiger partial charge in [0.25, 0.3) is 5.91 Å². The summed E-state index contributed by atoms with van der Waals surface area (Å²) in [5.41, 5.74) is 2.53. The van der Waals surface area contributed by atoms with E-state index in [2.05, 4.69) is 24.9 Å². The second-order valence-electron chi connectivity index (χ2n) is 7.79. The highest BCUT2D eigenvalue weighted by atomic mass is 32.2. The van der Waals surface area contributed by atoms with Crippen molar-refractivity contribution in [3.8, 4) is 11.3 Å². The maximum Gasteiger partial charge on any atom is 0.255 e. The molecule has 1 saturated heterocycles. The van der Waals surface area contributed by atoms with Crippen LogP contribution in [0.4, 0.5) is 0 Å². The van der Waals surface area contributed by atoms with Gasteiger partial charge in [-0.15, -0.1) is 11.8 Å². The molecule has 148 valence electrons. The molecule has 1 aromatic carbocycles. The average molecular weight is 397 g/mol. The number of pyridine rings is 1. The molecule has 0 radical (unpaired) electrons. The standard InChI is InChI=1S/C23H28N2O2S/c1-16(2)13-21(26)18-7-6-12-25(15-18)23(27)17-10-11-20(24-14-17)19-8-4-5-9-22(19)28-3/h4-5,8-11,14,16,18H,6-7,12-13,15H2,1-3H3/t18-/m1/s1. The van der Waals surface area contributed by atoms with Gasteiger partial charge in [0.05, 0.1) is 11.3 Å². The molecule has 3 rings (SSSR count). The van der Waals surface area contributed by atoms with E-state index in [-0.39, 0.29) is 17.6 Å². The highest BCUT2D eigenvalue weighted by Crippen LogP contribution is 2.29. The lowest BCUT2D eigenvalue weighted by Gasteiger charge is -2.32. The maximum absolute atomic E-state index is 12.9. The Balaban J connectivity index is 1.71. The number of hydrogen-bond acceptors (Lipinski definition) is 4. The fourth-order valence-corrected chi connectivity index (χ4v) is 4.32. The van der Waals surface area contributed by atoms with Crippen LogP contribution in [0.25, 0.3) is 11.3 Å². The van der Waals surface area contributed by atoms with E-state index < -0.39 is 0 Å². The summed E-state index contributed by atoms with van der Waals surface area (Å²) < 4.78 is 0. The van der Waals surface area contributed by atoms with Gasteiger partial charge >= 0.3 is 0 Å². The van der Waals surface area contributed by atoms with Crippen molar-refractivity contribution in [3.63, 3.8) is 0 Å². The molecule has 0 saturated carbocycles. The molecule has 0 N–H and O–H groups in total. The highest BCUT2D eigenvalue weighted by molar-refractivity contribution is 7.98. The molecule has 1 aromatic heterocycles. The van der Waals surface area contributed by atoms with E-state index in [1.54, 1.807) is 18.0 Å². The normalized spacial score (nSPS) is 17.0. The third-order valence-electron chi connectivity index (χ3n) is 5.17. The van der Waals surface area contributed by atoms with Crippen LogP contribution < -0.4 is 0 Å². The monoisotopic (exact) mass is 396 g/mol. The van der Waals surface area contributed by atoms with E-state index in [4.69, 9.17) is 0 Å². The summed E-state index contributed by atoms with van der Waals surface area (Å²) in [6, 6.07) is 11.9. The lowest BCUT2D eigenvalue weighted by atomic mass is 9.89. The van der Waals surface area contributed by atoms with Crippen LogP contribution >= 0.6 is 11.8 Å². The summed E-state index contributed by atoms with van der Waals surface area (Å²) in [5.74, 6) is 0.592. The smallest absolute Gasteiger partial charge is 0.255 e. The molecule has 0 unspecified atom stereocenters. The molecule has 0 spiro atoms. The van der Waals surface area contributed by atoms with E-state index in [0.717, 1.165) is 29.0 Å². The lowest BCUT2D eigenvalue weighted by Crippen LogP contribution is -2.42. The quantitative estimate of drug-likeness (QED) is 0.649. The molecule has 0 aliphatic carbocycles. The Labute approximate surface area is 171 Å². The topological polar surface area (TPSA) is 50.3 Å². The minimum atomic E-state index is -0.0285. The molecule has 4 nitrogen and oxygen atoms in total.